The van der Waals surface area contributed by atoms with Gasteiger partial charge in [-0.2, -0.15) is 74.6 Å². The monoisotopic (exact) mass is 554 g/mol. The summed E-state index contributed by atoms with van der Waals surface area (Å²) in [5, 5.41) is 8.71. The molecule has 0 aliphatic rings. The Labute approximate surface area is 183 Å². The average Bonchev–Trinajstić information content (AvgIpc) is 2.71. The highest BCUT2D eigenvalue weighted by molar-refractivity contribution is 5.29. The Kier molecular flexibility index (Phi) is 7.82. The highest BCUT2D eigenvalue weighted by atomic mass is 19.4. The molecule has 0 bridgehead atoms. The maximum atomic E-state index is 14.0. The number of benzene rings is 1. The van der Waals surface area contributed by atoms with Crippen LogP contribution in [0.4, 0.5) is 74.6 Å². The van der Waals surface area contributed by atoms with E-state index in [2.05, 4.69) is 0 Å². The van der Waals surface area contributed by atoms with E-state index in [0.29, 0.717) is 12.1 Å². The first-order valence-electron chi connectivity index (χ1n) is 8.66. The van der Waals surface area contributed by atoms with Gasteiger partial charge in [-0.1, -0.05) is 24.3 Å². The van der Waals surface area contributed by atoms with Crippen molar-refractivity contribution in [2.45, 2.75) is 67.1 Å². The van der Waals surface area contributed by atoms with Gasteiger partial charge < -0.3 is 5.11 Å². The molecule has 204 valence electrons. The Hall–Kier alpha value is -2.01. The molecule has 0 fully saturated rings. The lowest BCUT2D eigenvalue weighted by molar-refractivity contribution is -0.443. The van der Waals surface area contributed by atoms with Gasteiger partial charge in [-0.05, 0) is 5.56 Å². The molecular formula is C17H11F17O. The van der Waals surface area contributed by atoms with Crippen LogP contribution in [0.3, 0.4) is 0 Å². The van der Waals surface area contributed by atoms with Crippen molar-refractivity contribution in [2.24, 2.45) is 0 Å². The van der Waals surface area contributed by atoms with Gasteiger partial charge in [0.2, 0.25) is 0 Å². The molecule has 1 aromatic carbocycles. The molecule has 1 rings (SSSR count). The summed E-state index contributed by atoms with van der Waals surface area (Å²) in [4.78, 5) is 0. The van der Waals surface area contributed by atoms with E-state index in [1.165, 1.54) is 0 Å². The smallest absolute Gasteiger partial charge is 0.389 e. The molecule has 0 unspecified atom stereocenters. The fourth-order valence-electron chi connectivity index (χ4n) is 2.47. The average molecular weight is 554 g/mol. The zero-order chi connectivity index (χ0) is 28.1. The first-order valence-corrected chi connectivity index (χ1v) is 8.66. The van der Waals surface area contributed by atoms with Crippen molar-refractivity contribution in [1.82, 2.24) is 0 Å². The topological polar surface area (TPSA) is 20.2 Å². The number of aliphatic hydroxyl groups excluding tert-OH is 1. The van der Waals surface area contributed by atoms with Crippen LogP contribution in [0.2, 0.25) is 0 Å². The summed E-state index contributed by atoms with van der Waals surface area (Å²) in [5.74, 6) is -53.7. The van der Waals surface area contributed by atoms with E-state index in [1.807, 2.05) is 0 Å². The van der Waals surface area contributed by atoms with Gasteiger partial charge in [0, 0.05) is 18.4 Å². The lowest BCUT2D eigenvalue weighted by Crippen LogP contribution is -2.72. The maximum Gasteiger partial charge on any atom is 0.389 e. The van der Waals surface area contributed by atoms with Crippen LogP contribution in [0.1, 0.15) is 24.0 Å². The van der Waals surface area contributed by atoms with Gasteiger partial charge in [0.25, 0.3) is 0 Å². The summed E-state index contributed by atoms with van der Waals surface area (Å²) in [7, 11) is 0. The first-order chi connectivity index (χ1) is 15.2. The van der Waals surface area contributed by atoms with Crippen LogP contribution in [0.5, 0.6) is 0 Å². The van der Waals surface area contributed by atoms with Gasteiger partial charge in [0.05, 0.1) is 6.61 Å². The summed E-state index contributed by atoms with van der Waals surface area (Å²) >= 11 is 0. The Morgan fingerprint density at radius 2 is 0.857 bits per heavy atom. The fourth-order valence-corrected chi connectivity index (χ4v) is 2.47. The molecule has 1 aromatic rings. The Bertz CT molecular complexity index is 870. The zero-order valence-corrected chi connectivity index (χ0v) is 16.3. The lowest BCUT2D eigenvalue weighted by Gasteiger charge is -2.42. The van der Waals surface area contributed by atoms with Crippen molar-refractivity contribution < 1.29 is 79.7 Å². The minimum atomic E-state index is -8.37. The lowest BCUT2D eigenvalue weighted by atomic mass is 9.86. The molecule has 0 aliphatic heterocycles. The van der Waals surface area contributed by atoms with E-state index in [4.69, 9.17) is 5.11 Å². The number of hydrogen-bond acceptors (Lipinski definition) is 1. The summed E-state index contributed by atoms with van der Waals surface area (Å²) in [5.41, 5.74) is -2.59. The molecule has 1 N–H and O–H groups in total. The largest absolute Gasteiger partial charge is 0.392 e. The standard InChI is InChI=1S/C17H11F17O/c18-10(19,5-6-11(20,21)22)13(25,26)15(29,30)17(33,34)16(31,32)14(27,28)12(23,24)9-3-1-8(7-35)2-4-9/h1-4,35H,5-7H2. The normalized spacial score (nSPS) is 15.5. The summed E-state index contributed by atoms with van der Waals surface area (Å²) in [6, 6.07) is 0.455. The molecule has 0 aromatic heterocycles. The van der Waals surface area contributed by atoms with Gasteiger partial charge >= 0.3 is 47.6 Å². The van der Waals surface area contributed by atoms with E-state index in [1.54, 1.807) is 0 Å². The highest BCUT2D eigenvalue weighted by Crippen LogP contribution is 2.64. The van der Waals surface area contributed by atoms with Crippen molar-refractivity contribution >= 4 is 0 Å². The van der Waals surface area contributed by atoms with Gasteiger partial charge in [-0.3, -0.25) is 0 Å². The van der Waals surface area contributed by atoms with Crippen LogP contribution in [0, 0.1) is 0 Å². The predicted octanol–water partition coefficient (Wildman–Crippen LogP) is 7.43. The second-order valence-corrected chi connectivity index (χ2v) is 7.12. The van der Waals surface area contributed by atoms with Crippen LogP contribution in [0.25, 0.3) is 0 Å². The first kappa shape index (κ1) is 31.0. The molecule has 1 nitrogen and oxygen atoms in total. The molecule has 0 spiro atoms. The molecule has 0 aliphatic carbocycles. The maximum absolute atomic E-state index is 14.0. The second-order valence-electron chi connectivity index (χ2n) is 7.12. The molecule has 0 heterocycles. The SMILES string of the molecule is OCc1ccc(C(F)(F)C(F)(F)C(F)(F)C(F)(F)C(F)(F)C(F)(F)C(F)(F)CCC(F)(F)F)cc1. The van der Waals surface area contributed by atoms with Crippen LogP contribution in [0.15, 0.2) is 24.3 Å². The molecule has 0 atom stereocenters. The number of alkyl halides is 17. The van der Waals surface area contributed by atoms with E-state index in [9.17, 15) is 74.6 Å². The quantitative estimate of drug-likeness (QED) is 0.299. The van der Waals surface area contributed by atoms with Gasteiger partial charge in [0.1, 0.15) is 0 Å². The third-order valence-corrected chi connectivity index (χ3v) is 4.65. The third-order valence-electron chi connectivity index (χ3n) is 4.65. The predicted molar refractivity (Wildman–Crippen MR) is 81.2 cm³/mol. The fraction of sp³-hybridized carbons (Fsp3) is 0.647. The van der Waals surface area contributed by atoms with Gasteiger partial charge in [0.15, 0.2) is 0 Å². The Balaban J connectivity index is 3.56. The third kappa shape index (κ3) is 4.85. The van der Waals surface area contributed by atoms with Crippen molar-refractivity contribution in [3.05, 3.63) is 35.4 Å². The molecular weight excluding hydrogens is 543 g/mol. The van der Waals surface area contributed by atoms with Crippen molar-refractivity contribution in [3.8, 4) is 0 Å². The number of rotatable bonds is 10. The molecule has 35 heavy (non-hydrogen) atoms. The molecule has 0 radical (unpaired) electrons. The zero-order valence-electron chi connectivity index (χ0n) is 16.3. The molecule has 18 heteroatoms. The van der Waals surface area contributed by atoms with Crippen LogP contribution in [-0.2, 0) is 12.5 Å². The van der Waals surface area contributed by atoms with Gasteiger partial charge in [-0.25, -0.2) is 0 Å². The number of hydrogen-bond donors (Lipinski definition) is 1. The van der Waals surface area contributed by atoms with Crippen molar-refractivity contribution in [1.29, 1.82) is 0 Å². The number of aliphatic hydroxyl groups is 1. The van der Waals surface area contributed by atoms with Crippen LogP contribution >= 0.6 is 0 Å². The second kappa shape index (κ2) is 8.83. The summed E-state index contributed by atoms with van der Waals surface area (Å²) < 4.78 is 228. The van der Waals surface area contributed by atoms with Gasteiger partial charge in [-0.15, -0.1) is 0 Å². The number of halogens is 17. The van der Waals surface area contributed by atoms with Crippen LogP contribution in [-0.4, -0.2) is 46.8 Å². The molecule has 0 saturated carbocycles. The van der Waals surface area contributed by atoms with E-state index < -0.39 is 72.6 Å². The summed E-state index contributed by atoms with van der Waals surface area (Å²) in [6.07, 6.45) is -12.2. The van der Waals surface area contributed by atoms with E-state index in [0.717, 1.165) is 0 Å². The minimum Gasteiger partial charge on any atom is -0.392 e. The van der Waals surface area contributed by atoms with E-state index in [-0.39, 0.29) is 17.7 Å². The Morgan fingerprint density at radius 3 is 1.23 bits per heavy atom. The molecule has 0 amide bonds. The minimum absolute atomic E-state index is 0.147. The molecule has 0 saturated heterocycles. The Morgan fingerprint density at radius 1 is 0.486 bits per heavy atom. The van der Waals surface area contributed by atoms with Crippen molar-refractivity contribution in [2.75, 3.05) is 0 Å². The highest BCUT2D eigenvalue weighted by Gasteiger charge is 2.92. The summed E-state index contributed by atoms with van der Waals surface area (Å²) in [6.45, 7) is -0.930. The van der Waals surface area contributed by atoms with Crippen LogP contribution < -0.4 is 0 Å². The van der Waals surface area contributed by atoms with Crippen molar-refractivity contribution in [3.63, 3.8) is 0 Å². The van der Waals surface area contributed by atoms with E-state index >= 15 is 0 Å².